The fraction of sp³-hybridized carbons (Fsp3) is 0.333. The number of anilines is 1. The van der Waals surface area contributed by atoms with Crippen LogP contribution in [0.1, 0.15) is 38.8 Å². The third-order valence-electron chi connectivity index (χ3n) is 7.94. The van der Waals surface area contributed by atoms with Crippen molar-refractivity contribution in [1.29, 1.82) is 5.26 Å². The third-order valence-corrected chi connectivity index (χ3v) is 7.94. The average Bonchev–Trinajstić information content (AvgIpc) is 2.94. The molecule has 6 heteroatoms. The number of benzene rings is 3. The van der Waals surface area contributed by atoms with Crippen LogP contribution in [0.25, 0.3) is 27.6 Å². The first kappa shape index (κ1) is 26.7. The van der Waals surface area contributed by atoms with Gasteiger partial charge in [0.1, 0.15) is 6.23 Å². The summed E-state index contributed by atoms with van der Waals surface area (Å²) in [6, 6.07) is 24.1. The van der Waals surface area contributed by atoms with E-state index in [1.54, 1.807) is 16.7 Å². The lowest BCUT2D eigenvalue weighted by atomic mass is 9.96. The molecule has 4 aromatic rings. The van der Waals surface area contributed by atoms with Crippen LogP contribution in [-0.4, -0.2) is 46.0 Å². The summed E-state index contributed by atoms with van der Waals surface area (Å²) in [5.41, 5.74) is 5.47. The van der Waals surface area contributed by atoms with E-state index in [4.69, 9.17) is 5.26 Å². The number of pyridine rings is 1. The van der Waals surface area contributed by atoms with E-state index < -0.39 is 6.23 Å². The topological polar surface area (TPSA) is 72.5 Å². The number of piperazine rings is 1. The van der Waals surface area contributed by atoms with Crippen molar-refractivity contribution < 1.29 is 5.11 Å². The average molecular weight is 521 g/mol. The van der Waals surface area contributed by atoms with Crippen LogP contribution in [0.3, 0.4) is 0 Å². The lowest BCUT2D eigenvalue weighted by Gasteiger charge is -2.48. The van der Waals surface area contributed by atoms with E-state index in [1.807, 2.05) is 55.6 Å². The summed E-state index contributed by atoms with van der Waals surface area (Å²) < 4.78 is 1.73. The zero-order chi connectivity index (χ0) is 27.8. The highest BCUT2D eigenvalue weighted by Crippen LogP contribution is 2.31. The molecule has 3 unspecified atom stereocenters. The van der Waals surface area contributed by atoms with Gasteiger partial charge in [0.25, 0.3) is 5.56 Å². The van der Waals surface area contributed by atoms with Crippen LogP contribution in [0.15, 0.2) is 77.7 Å². The van der Waals surface area contributed by atoms with Gasteiger partial charge in [0.05, 0.1) is 11.6 Å². The lowest BCUT2D eigenvalue weighted by Crippen LogP contribution is -2.61. The fourth-order valence-electron chi connectivity index (χ4n) is 5.99. The predicted molar refractivity (Wildman–Crippen MR) is 158 cm³/mol. The van der Waals surface area contributed by atoms with Crippen molar-refractivity contribution in [3.63, 3.8) is 0 Å². The van der Waals surface area contributed by atoms with E-state index >= 15 is 0 Å². The van der Waals surface area contributed by atoms with E-state index in [-0.39, 0.29) is 23.6 Å². The number of aliphatic hydroxyl groups is 1. The largest absolute Gasteiger partial charge is 0.378 e. The van der Waals surface area contributed by atoms with Crippen molar-refractivity contribution in [2.75, 3.05) is 18.0 Å². The molecule has 1 aliphatic heterocycles. The van der Waals surface area contributed by atoms with Crippen molar-refractivity contribution in [3.8, 4) is 22.9 Å². The Morgan fingerprint density at radius 2 is 1.54 bits per heavy atom. The summed E-state index contributed by atoms with van der Waals surface area (Å²) in [5.74, 6) is 0.185. The lowest BCUT2D eigenvalue weighted by molar-refractivity contribution is -0.0778. The van der Waals surface area contributed by atoms with Crippen LogP contribution in [0, 0.1) is 24.2 Å². The van der Waals surface area contributed by atoms with E-state index in [0.717, 1.165) is 46.5 Å². The molecular weight excluding hydrogens is 484 g/mol. The van der Waals surface area contributed by atoms with E-state index in [9.17, 15) is 9.90 Å². The number of aromatic nitrogens is 1. The summed E-state index contributed by atoms with van der Waals surface area (Å²) in [5, 5.41) is 21.5. The quantitative estimate of drug-likeness (QED) is 0.365. The Balaban J connectivity index is 1.45. The Kier molecular flexibility index (Phi) is 7.31. The first-order chi connectivity index (χ1) is 18.7. The van der Waals surface area contributed by atoms with Gasteiger partial charge in [0.2, 0.25) is 0 Å². The minimum Gasteiger partial charge on any atom is -0.378 e. The van der Waals surface area contributed by atoms with Gasteiger partial charge in [-0.1, -0.05) is 38.1 Å². The van der Waals surface area contributed by atoms with Crippen molar-refractivity contribution >= 4 is 16.5 Å². The normalized spacial score (nSPS) is 18.9. The van der Waals surface area contributed by atoms with Gasteiger partial charge in [-0.2, -0.15) is 5.26 Å². The molecule has 1 aliphatic rings. The van der Waals surface area contributed by atoms with Gasteiger partial charge in [-0.05, 0) is 91.2 Å². The third kappa shape index (κ3) is 4.96. The monoisotopic (exact) mass is 520 g/mol. The van der Waals surface area contributed by atoms with E-state index in [2.05, 4.69) is 55.7 Å². The smallest absolute Gasteiger partial charge is 0.262 e. The van der Waals surface area contributed by atoms with Crippen LogP contribution in [0.5, 0.6) is 0 Å². The van der Waals surface area contributed by atoms with Crippen LogP contribution in [0.2, 0.25) is 0 Å². The second kappa shape index (κ2) is 10.7. The summed E-state index contributed by atoms with van der Waals surface area (Å²) in [6.45, 7) is 12.2. The maximum absolute atomic E-state index is 13.7. The SMILES string of the molecule is Cc1cn(-c2ccc(N3CC(C)N(C(O)C(C)C)C(C)C3)cc2)c(=O)c2cccc(-c3ccc(C#N)cc3)c12. The molecule has 1 N–H and O–H groups in total. The number of fused-ring (bicyclic) bond motifs is 1. The summed E-state index contributed by atoms with van der Waals surface area (Å²) in [7, 11) is 0. The Hall–Kier alpha value is -3.92. The van der Waals surface area contributed by atoms with Crippen molar-refractivity contribution in [2.24, 2.45) is 5.92 Å². The van der Waals surface area contributed by atoms with Gasteiger partial charge in [-0.15, -0.1) is 0 Å². The molecule has 3 atom stereocenters. The molecule has 0 bridgehead atoms. The van der Waals surface area contributed by atoms with Crippen molar-refractivity contribution in [2.45, 2.75) is 52.9 Å². The fourth-order valence-corrected chi connectivity index (χ4v) is 5.99. The molecule has 1 aromatic heterocycles. The molecule has 200 valence electrons. The number of hydrogen-bond donors (Lipinski definition) is 1. The second-order valence-electron chi connectivity index (χ2n) is 11.1. The van der Waals surface area contributed by atoms with Crippen LogP contribution in [0.4, 0.5) is 5.69 Å². The molecular formula is C33H36N4O2. The summed E-state index contributed by atoms with van der Waals surface area (Å²) in [6.07, 6.45) is 1.48. The number of aliphatic hydroxyl groups excluding tert-OH is 1. The maximum Gasteiger partial charge on any atom is 0.262 e. The molecule has 5 rings (SSSR count). The molecule has 1 saturated heterocycles. The van der Waals surface area contributed by atoms with Gasteiger partial charge >= 0.3 is 0 Å². The molecule has 2 heterocycles. The molecule has 3 aromatic carbocycles. The highest BCUT2D eigenvalue weighted by molar-refractivity contribution is 5.98. The van der Waals surface area contributed by atoms with Crippen LogP contribution in [-0.2, 0) is 0 Å². The number of hydrogen-bond acceptors (Lipinski definition) is 5. The van der Waals surface area contributed by atoms with Gasteiger partial charge in [0.15, 0.2) is 0 Å². The van der Waals surface area contributed by atoms with E-state index in [1.165, 1.54) is 0 Å². The minimum atomic E-state index is -0.444. The molecule has 0 amide bonds. The maximum atomic E-state index is 13.7. The Morgan fingerprint density at radius 1 is 0.923 bits per heavy atom. The summed E-state index contributed by atoms with van der Waals surface area (Å²) >= 11 is 0. The minimum absolute atomic E-state index is 0.0580. The Morgan fingerprint density at radius 3 is 2.13 bits per heavy atom. The second-order valence-corrected chi connectivity index (χ2v) is 11.1. The summed E-state index contributed by atoms with van der Waals surface area (Å²) in [4.78, 5) is 18.3. The van der Waals surface area contributed by atoms with Gasteiger partial charge in [-0.25, -0.2) is 0 Å². The number of nitrogens with zero attached hydrogens (tertiary/aromatic N) is 4. The van der Waals surface area contributed by atoms with E-state index in [0.29, 0.717) is 10.9 Å². The van der Waals surface area contributed by atoms with Gasteiger partial charge < -0.3 is 10.0 Å². The molecule has 1 fully saturated rings. The zero-order valence-electron chi connectivity index (χ0n) is 23.3. The zero-order valence-corrected chi connectivity index (χ0v) is 23.3. The first-order valence-electron chi connectivity index (χ1n) is 13.7. The highest BCUT2D eigenvalue weighted by Gasteiger charge is 2.34. The molecule has 0 radical (unpaired) electrons. The number of rotatable bonds is 5. The molecule has 0 spiro atoms. The molecule has 0 saturated carbocycles. The predicted octanol–water partition coefficient (Wildman–Crippen LogP) is 5.71. The van der Waals surface area contributed by atoms with Gasteiger partial charge in [-0.3, -0.25) is 14.3 Å². The molecule has 6 nitrogen and oxygen atoms in total. The number of aryl methyl sites for hydroxylation is 1. The van der Waals surface area contributed by atoms with Crippen LogP contribution >= 0.6 is 0 Å². The number of nitriles is 1. The highest BCUT2D eigenvalue weighted by atomic mass is 16.3. The molecule has 39 heavy (non-hydrogen) atoms. The van der Waals surface area contributed by atoms with Crippen molar-refractivity contribution in [1.82, 2.24) is 9.47 Å². The van der Waals surface area contributed by atoms with Crippen molar-refractivity contribution in [3.05, 3.63) is 94.4 Å². The van der Waals surface area contributed by atoms with Gasteiger partial charge in [0, 0.05) is 48.1 Å². The van der Waals surface area contributed by atoms with Crippen LogP contribution < -0.4 is 10.5 Å². The Bertz CT molecular complexity index is 1570. The standard InChI is InChI=1S/C33H36N4O2/c1-21(2)32(38)37-23(4)19-35(20-24(37)5)27-13-15-28(16-14-27)36-18-22(3)31-29(7-6-8-30(31)33(36)39)26-11-9-25(17-34)10-12-26/h6-16,18,21,23-24,32,38H,19-20H2,1-5H3. The first-order valence-corrected chi connectivity index (χ1v) is 13.7. The molecule has 0 aliphatic carbocycles. The Labute approximate surface area is 230 Å².